The molecule has 0 aliphatic carbocycles. The number of methoxy groups -OCH3 is 1. The standard InChI is InChI=1S/C14H15FNO3P/c1-18-13-7-9-14(10-8-13)19-20(2,17)16-12-5-3-11(15)4-6-12/h3-10H,1-2H3,(H,16,17). The van der Waals surface area contributed by atoms with Gasteiger partial charge >= 0.3 is 7.52 Å². The molecule has 0 saturated carbocycles. The molecule has 0 bridgehead atoms. The topological polar surface area (TPSA) is 47.6 Å². The van der Waals surface area contributed by atoms with Gasteiger partial charge in [-0.2, -0.15) is 0 Å². The van der Waals surface area contributed by atoms with Crippen molar-refractivity contribution in [2.45, 2.75) is 0 Å². The second-order valence-electron chi connectivity index (χ2n) is 4.23. The van der Waals surface area contributed by atoms with Gasteiger partial charge in [-0.15, -0.1) is 0 Å². The Kier molecular flexibility index (Phi) is 4.30. The summed E-state index contributed by atoms with van der Waals surface area (Å²) in [5.41, 5.74) is 0.533. The Balaban J connectivity index is 2.06. The number of benzene rings is 2. The molecule has 6 heteroatoms. The highest BCUT2D eigenvalue weighted by atomic mass is 31.2. The third-order valence-electron chi connectivity index (χ3n) is 2.52. The maximum atomic E-state index is 12.8. The summed E-state index contributed by atoms with van der Waals surface area (Å²) in [5.74, 6) is 0.804. The minimum Gasteiger partial charge on any atom is -0.497 e. The monoisotopic (exact) mass is 295 g/mol. The van der Waals surface area contributed by atoms with E-state index in [4.69, 9.17) is 9.26 Å². The number of ether oxygens (including phenoxy) is 1. The Bertz CT molecular complexity index is 613. The molecule has 106 valence electrons. The maximum absolute atomic E-state index is 12.8. The van der Waals surface area contributed by atoms with Gasteiger partial charge in [0.05, 0.1) is 7.11 Å². The van der Waals surface area contributed by atoms with E-state index in [0.717, 1.165) is 0 Å². The van der Waals surface area contributed by atoms with Crippen molar-refractivity contribution in [3.05, 3.63) is 54.3 Å². The zero-order valence-electron chi connectivity index (χ0n) is 11.2. The van der Waals surface area contributed by atoms with Crippen molar-refractivity contribution in [2.75, 3.05) is 18.9 Å². The Hall–Kier alpha value is -2.00. The van der Waals surface area contributed by atoms with Gasteiger partial charge in [0.25, 0.3) is 0 Å². The van der Waals surface area contributed by atoms with E-state index in [9.17, 15) is 8.96 Å². The number of rotatable bonds is 5. The third kappa shape index (κ3) is 4.00. The Labute approximate surface area is 117 Å². The average molecular weight is 295 g/mol. The quantitative estimate of drug-likeness (QED) is 0.842. The van der Waals surface area contributed by atoms with E-state index >= 15 is 0 Å². The molecular formula is C14H15FNO3P. The molecular weight excluding hydrogens is 280 g/mol. The minimum atomic E-state index is -3.09. The van der Waals surface area contributed by atoms with E-state index in [2.05, 4.69) is 5.09 Å². The molecule has 0 heterocycles. The molecule has 0 aromatic heterocycles. The highest BCUT2D eigenvalue weighted by molar-refractivity contribution is 7.60. The average Bonchev–Trinajstić information content (AvgIpc) is 2.41. The summed E-state index contributed by atoms with van der Waals surface area (Å²) in [6.07, 6.45) is 0. The van der Waals surface area contributed by atoms with Crippen LogP contribution in [0.15, 0.2) is 48.5 Å². The molecule has 1 unspecified atom stereocenters. The van der Waals surface area contributed by atoms with E-state index in [-0.39, 0.29) is 5.82 Å². The predicted octanol–water partition coefficient (Wildman–Crippen LogP) is 4.15. The van der Waals surface area contributed by atoms with Crippen LogP contribution in [-0.4, -0.2) is 13.8 Å². The van der Waals surface area contributed by atoms with Crippen LogP contribution in [0, 0.1) is 5.82 Å². The van der Waals surface area contributed by atoms with Crippen molar-refractivity contribution >= 4 is 13.2 Å². The van der Waals surface area contributed by atoms with E-state index in [0.29, 0.717) is 17.2 Å². The molecule has 0 aliphatic heterocycles. The van der Waals surface area contributed by atoms with Crippen LogP contribution in [0.4, 0.5) is 10.1 Å². The lowest BCUT2D eigenvalue weighted by atomic mass is 10.3. The molecule has 0 aliphatic rings. The molecule has 0 spiro atoms. The molecule has 2 rings (SSSR count). The fourth-order valence-corrected chi connectivity index (χ4v) is 2.81. The van der Waals surface area contributed by atoms with Gasteiger partial charge < -0.3 is 14.3 Å². The summed E-state index contributed by atoms with van der Waals surface area (Å²) in [7, 11) is -1.52. The van der Waals surface area contributed by atoms with Crippen molar-refractivity contribution in [2.24, 2.45) is 0 Å². The second-order valence-corrected chi connectivity index (χ2v) is 6.33. The SMILES string of the molecule is COc1ccc(OP(C)(=O)Nc2ccc(F)cc2)cc1. The summed E-state index contributed by atoms with van der Waals surface area (Å²) in [4.78, 5) is 0. The molecule has 1 atom stereocenters. The number of hydrogen-bond donors (Lipinski definition) is 1. The van der Waals surface area contributed by atoms with E-state index in [1.807, 2.05) is 0 Å². The summed E-state index contributed by atoms with van der Waals surface area (Å²) in [6.45, 7) is 1.46. The molecule has 0 amide bonds. The molecule has 2 aromatic rings. The number of anilines is 1. The van der Waals surface area contributed by atoms with Crippen LogP contribution < -0.4 is 14.3 Å². The molecule has 20 heavy (non-hydrogen) atoms. The van der Waals surface area contributed by atoms with Crippen LogP contribution in [0.25, 0.3) is 0 Å². The van der Waals surface area contributed by atoms with Crippen LogP contribution in [0.3, 0.4) is 0 Å². The highest BCUT2D eigenvalue weighted by Gasteiger charge is 2.17. The Morgan fingerprint density at radius 3 is 2.10 bits per heavy atom. The van der Waals surface area contributed by atoms with Crippen LogP contribution in [0.1, 0.15) is 0 Å². The van der Waals surface area contributed by atoms with Gasteiger partial charge in [-0.3, -0.25) is 4.57 Å². The Morgan fingerprint density at radius 2 is 1.55 bits per heavy atom. The molecule has 2 aromatic carbocycles. The normalized spacial score (nSPS) is 13.3. The fraction of sp³-hybridized carbons (Fsp3) is 0.143. The summed E-state index contributed by atoms with van der Waals surface area (Å²) >= 11 is 0. The van der Waals surface area contributed by atoms with Crippen LogP contribution >= 0.6 is 7.52 Å². The largest absolute Gasteiger partial charge is 0.497 e. The van der Waals surface area contributed by atoms with Crippen molar-refractivity contribution < 1.29 is 18.2 Å². The van der Waals surface area contributed by atoms with Crippen molar-refractivity contribution in [1.29, 1.82) is 0 Å². The first-order chi connectivity index (χ1) is 9.48. The third-order valence-corrected chi connectivity index (χ3v) is 3.74. The second kappa shape index (κ2) is 5.97. The van der Waals surface area contributed by atoms with Gasteiger partial charge in [-0.05, 0) is 48.5 Å². The van der Waals surface area contributed by atoms with Crippen molar-refractivity contribution in [3.63, 3.8) is 0 Å². The fourth-order valence-electron chi connectivity index (χ4n) is 1.62. The zero-order chi connectivity index (χ0) is 14.6. The van der Waals surface area contributed by atoms with Gasteiger partial charge in [0.2, 0.25) is 0 Å². The first-order valence-corrected chi connectivity index (χ1v) is 8.01. The highest BCUT2D eigenvalue weighted by Crippen LogP contribution is 2.43. The summed E-state index contributed by atoms with van der Waals surface area (Å²) in [6, 6.07) is 12.3. The smallest absolute Gasteiger partial charge is 0.338 e. The lowest BCUT2D eigenvalue weighted by Crippen LogP contribution is -2.02. The molecule has 0 fully saturated rings. The van der Waals surface area contributed by atoms with E-state index in [1.165, 1.54) is 30.9 Å². The first kappa shape index (κ1) is 14.4. The molecule has 4 nitrogen and oxygen atoms in total. The van der Waals surface area contributed by atoms with Crippen molar-refractivity contribution in [3.8, 4) is 11.5 Å². The van der Waals surface area contributed by atoms with Crippen LogP contribution in [0.5, 0.6) is 11.5 Å². The van der Waals surface area contributed by atoms with Gasteiger partial charge in [-0.1, -0.05) is 0 Å². The summed E-state index contributed by atoms with van der Waals surface area (Å²) < 4.78 is 35.6. The predicted molar refractivity (Wildman–Crippen MR) is 77.2 cm³/mol. The Morgan fingerprint density at radius 1 is 1.00 bits per heavy atom. The van der Waals surface area contributed by atoms with Crippen LogP contribution in [-0.2, 0) is 4.57 Å². The minimum absolute atomic E-state index is 0.349. The molecule has 0 saturated heterocycles. The zero-order valence-corrected chi connectivity index (χ0v) is 12.1. The van der Waals surface area contributed by atoms with Gasteiger partial charge in [0, 0.05) is 12.4 Å². The number of nitrogens with one attached hydrogen (secondary N) is 1. The van der Waals surface area contributed by atoms with Gasteiger partial charge in [-0.25, -0.2) is 4.39 Å². The molecule has 0 radical (unpaired) electrons. The van der Waals surface area contributed by atoms with Crippen molar-refractivity contribution in [1.82, 2.24) is 0 Å². The molecule has 1 N–H and O–H groups in total. The van der Waals surface area contributed by atoms with Gasteiger partial charge in [0.15, 0.2) is 0 Å². The number of hydrogen-bond acceptors (Lipinski definition) is 3. The lowest BCUT2D eigenvalue weighted by Gasteiger charge is -2.17. The maximum Gasteiger partial charge on any atom is 0.338 e. The lowest BCUT2D eigenvalue weighted by molar-refractivity contribution is 0.413. The van der Waals surface area contributed by atoms with E-state index in [1.54, 1.807) is 31.4 Å². The van der Waals surface area contributed by atoms with Crippen LogP contribution in [0.2, 0.25) is 0 Å². The van der Waals surface area contributed by atoms with E-state index < -0.39 is 7.52 Å². The first-order valence-electron chi connectivity index (χ1n) is 5.93. The number of halogens is 1. The van der Waals surface area contributed by atoms with Gasteiger partial charge in [0.1, 0.15) is 17.3 Å². The summed E-state index contributed by atoms with van der Waals surface area (Å²) in [5, 5.41) is 2.76.